The molecule has 2 aliphatic heterocycles. The Hall–Kier alpha value is -3.32. The minimum Gasteiger partial charge on any atom is -0.440 e. The highest BCUT2D eigenvalue weighted by Crippen LogP contribution is 2.36. The first-order chi connectivity index (χ1) is 16.1. The number of anilines is 2. The monoisotopic (exact) mass is 461 g/mol. The molecule has 1 aromatic heterocycles. The summed E-state index contributed by atoms with van der Waals surface area (Å²) in [6.07, 6.45) is 1.08. The van der Waals surface area contributed by atoms with E-state index in [2.05, 4.69) is 29.4 Å². The van der Waals surface area contributed by atoms with Crippen LogP contribution in [0.15, 0.2) is 45.6 Å². The number of rotatable bonds is 4. The Bertz CT molecular complexity index is 1330. The van der Waals surface area contributed by atoms with Crippen LogP contribution in [0.3, 0.4) is 0 Å². The second kappa shape index (κ2) is 8.17. The number of nitrogens with one attached hydrogen (secondary N) is 2. The molecule has 7 nitrogen and oxygen atoms in total. The first-order valence-corrected chi connectivity index (χ1v) is 11.8. The lowest BCUT2D eigenvalue weighted by molar-refractivity contribution is 0.0851. The van der Waals surface area contributed by atoms with Gasteiger partial charge in [0, 0.05) is 36.0 Å². The Labute approximate surface area is 198 Å². The number of nitrogens with zero attached hydrogens (tertiary/aromatic N) is 1. The second-order valence-corrected chi connectivity index (χ2v) is 10.3. The molecule has 1 amide bonds. The maximum atomic E-state index is 13.1. The van der Waals surface area contributed by atoms with Gasteiger partial charge in [-0.1, -0.05) is 32.0 Å². The summed E-state index contributed by atoms with van der Waals surface area (Å²) < 4.78 is 6.39. The summed E-state index contributed by atoms with van der Waals surface area (Å²) >= 11 is 0. The number of hydrogen-bond acceptors (Lipinski definition) is 6. The van der Waals surface area contributed by atoms with Gasteiger partial charge in [-0.2, -0.15) is 0 Å². The van der Waals surface area contributed by atoms with E-state index in [-0.39, 0.29) is 17.4 Å². The molecule has 1 saturated heterocycles. The van der Waals surface area contributed by atoms with Crippen molar-refractivity contribution in [2.75, 3.05) is 23.3 Å². The van der Waals surface area contributed by atoms with Crippen LogP contribution in [-0.2, 0) is 0 Å². The molecular formula is C27H31N3O4. The van der Waals surface area contributed by atoms with Gasteiger partial charge in [0.1, 0.15) is 5.58 Å². The Kier molecular flexibility index (Phi) is 5.40. The molecule has 0 bridgehead atoms. The smallest absolute Gasteiger partial charge is 0.256 e. The molecule has 0 saturated carbocycles. The molecule has 7 heteroatoms. The van der Waals surface area contributed by atoms with Crippen LogP contribution in [0.2, 0.25) is 0 Å². The summed E-state index contributed by atoms with van der Waals surface area (Å²) in [5.41, 5.74) is 4.24. The van der Waals surface area contributed by atoms with Gasteiger partial charge in [-0.05, 0) is 49.8 Å². The summed E-state index contributed by atoms with van der Waals surface area (Å²) in [4.78, 5) is 27.7. The number of hydrogen-bond donors (Lipinski definition) is 3. The number of amides is 1. The van der Waals surface area contributed by atoms with E-state index < -0.39 is 6.23 Å². The molecule has 0 spiro atoms. The van der Waals surface area contributed by atoms with Gasteiger partial charge in [-0.15, -0.1) is 0 Å². The predicted octanol–water partition coefficient (Wildman–Crippen LogP) is 4.64. The number of aryl methyl sites for hydroxylation is 1. The van der Waals surface area contributed by atoms with Gasteiger partial charge in [0.25, 0.3) is 5.91 Å². The minimum absolute atomic E-state index is 0.0543. The van der Waals surface area contributed by atoms with Crippen LogP contribution in [0, 0.1) is 12.3 Å². The number of carbonyl (C=O) groups is 1. The van der Waals surface area contributed by atoms with E-state index in [0.717, 1.165) is 37.1 Å². The number of aliphatic hydroxyl groups is 1. The lowest BCUT2D eigenvalue weighted by Crippen LogP contribution is -2.37. The molecule has 0 radical (unpaired) electrons. The van der Waals surface area contributed by atoms with Gasteiger partial charge in [0.15, 0.2) is 17.5 Å². The van der Waals surface area contributed by atoms with Crippen molar-refractivity contribution in [3.8, 4) is 0 Å². The van der Waals surface area contributed by atoms with Crippen molar-refractivity contribution in [2.24, 2.45) is 5.41 Å². The third-order valence-electron chi connectivity index (χ3n) is 7.14. The predicted molar refractivity (Wildman–Crippen MR) is 133 cm³/mol. The van der Waals surface area contributed by atoms with E-state index in [1.165, 1.54) is 0 Å². The van der Waals surface area contributed by atoms with Crippen LogP contribution in [0.1, 0.15) is 72.9 Å². The van der Waals surface area contributed by atoms with Gasteiger partial charge in [0.05, 0.1) is 17.0 Å². The fourth-order valence-corrected chi connectivity index (χ4v) is 4.99. The molecule has 5 rings (SSSR count). The molecule has 178 valence electrons. The zero-order valence-corrected chi connectivity index (χ0v) is 20.1. The van der Waals surface area contributed by atoms with E-state index in [9.17, 15) is 14.7 Å². The van der Waals surface area contributed by atoms with Crippen molar-refractivity contribution in [1.82, 2.24) is 5.32 Å². The minimum atomic E-state index is -1.01. The van der Waals surface area contributed by atoms with Gasteiger partial charge >= 0.3 is 0 Å². The van der Waals surface area contributed by atoms with Crippen LogP contribution < -0.4 is 21.0 Å². The van der Waals surface area contributed by atoms with E-state index in [0.29, 0.717) is 39.1 Å². The van der Waals surface area contributed by atoms with E-state index in [4.69, 9.17) is 4.42 Å². The summed E-state index contributed by atoms with van der Waals surface area (Å²) in [5, 5.41) is 16.6. The highest BCUT2D eigenvalue weighted by Gasteiger charge is 2.30. The third kappa shape index (κ3) is 3.94. The van der Waals surface area contributed by atoms with Crippen molar-refractivity contribution in [1.29, 1.82) is 0 Å². The molecule has 34 heavy (non-hydrogen) atoms. The lowest BCUT2D eigenvalue weighted by Gasteiger charge is -2.37. The number of fused-ring (bicyclic) bond motifs is 2. The molecule has 1 fully saturated rings. The fourth-order valence-electron chi connectivity index (χ4n) is 4.99. The Morgan fingerprint density at radius 2 is 1.91 bits per heavy atom. The Morgan fingerprint density at radius 1 is 1.18 bits per heavy atom. The van der Waals surface area contributed by atoms with Crippen molar-refractivity contribution in [3.63, 3.8) is 0 Å². The highest BCUT2D eigenvalue weighted by atomic mass is 16.4. The standard InChI is InChI=1S/C27H31N3O4/c1-15-12-18(16(2)28-20-7-5-6-17-23(20)26(33)29-25(17)32)24-19(13-15)21(31)14-22(34-24)30-10-8-27(3,4)9-11-30/h5-7,12-14,16,25,28,32H,8-11H2,1-4H3,(H,29,33). The Morgan fingerprint density at radius 3 is 2.65 bits per heavy atom. The van der Waals surface area contributed by atoms with E-state index in [1.807, 2.05) is 38.1 Å². The maximum absolute atomic E-state index is 13.1. The second-order valence-electron chi connectivity index (χ2n) is 10.3. The number of carbonyl (C=O) groups excluding carboxylic acids is 1. The van der Waals surface area contributed by atoms with Crippen LogP contribution >= 0.6 is 0 Å². The summed E-state index contributed by atoms with van der Waals surface area (Å²) in [6.45, 7) is 10.2. The zero-order valence-electron chi connectivity index (χ0n) is 20.1. The fraction of sp³-hybridized carbons (Fsp3) is 0.407. The number of piperidine rings is 1. The van der Waals surface area contributed by atoms with Gasteiger partial charge in [-0.3, -0.25) is 9.59 Å². The molecule has 2 atom stereocenters. The normalized spacial score (nSPS) is 20.2. The van der Waals surface area contributed by atoms with Crippen molar-refractivity contribution < 1.29 is 14.3 Å². The summed E-state index contributed by atoms with van der Waals surface area (Å²) in [6, 6.07) is 10.6. The maximum Gasteiger partial charge on any atom is 0.256 e. The first-order valence-electron chi connectivity index (χ1n) is 11.8. The average Bonchev–Trinajstić information content (AvgIpc) is 3.08. The lowest BCUT2D eigenvalue weighted by atomic mass is 9.83. The number of benzene rings is 2. The molecule has 2 aliphatic rings. The first kappa shape index (κ1) is 22.5. The topological polar surface area (TPSA) is 94.8 Å². The van der Waals surface area contributed by atoms with Crippen molar-refractivity contribution >= 4 is 28.4 Å². The van der Waals surface area contributed by atoms with Gasteiger partial charge < -0.3 is 25.1 Å². The molecular weight excluding hydrogens is 430 g/mol. The molecule has 2 aromatic carbocycles. The van der Waals surface area contributed by atoms with Crippen LogP contribution in [0.25, 0.3) is 11.0 Å². The summed E-state index contributed by atoms with van der Waals surface area (Å²) in [7, 11) is 0. The highest BCUT2D eigenvalue weighted by molar-refractivity contribution is 6.04. The van der Waals surface area contributed by atoms with Gasteiger partial charge in [0.2, 0.25) is 0 Å². The van der Waals surface area contributed by atoms with Crippen LogP contribution in [0.4, 0.5) is 11.6 Å². The third-order valence-corrected chi connectivity index (χ3v) is 7.14. The van der Waals surface area contributed by atoms with Crippen LogP contribution in [0.5, 0.6) is 0 Å². The molecule has 3 N–H and O–H groups in total. The van der Waals surface area contributed by atoms with Crippen molar-refractivity contribution in [3.05, 3.63) is 68.9 Å². The molecule has 2 unspecified atom stereocenters. The SMILES string of the molecule is Cc1cc(C(C)Nc2cccc3c2C(=O)NC3O)c2oc(N3CCC(C)(C)CC3)cc(=O)c2c1. The van der Waals surface area contributed by atoms with Gasteiger partial charge in [-0.25, -0.2) is 0 Å². The molecule has 0 aliphatic carbocycles. The zero-order chi connectivity index (χ0) is 24.2. The average molecular weight is 462 g/mol. The summed E-state index contributed by atoms with van der Waals surface area (Å²) in [5.74, 6) is 0.294. The van der Waals surface area contributed by atoms with Crippen molar-refractivity contribution in [2.45, 2.75) is 52.8 Å². The molecule has 3 aromatic rings. The largest absolute Gasteiger partial charge is 0.440 e. The van der Waals surface area contributed by atoms with Crippen LogP contribution in [-0.4, -0.2) is 24.1 Å². The van der Waals surface area contributed by atoms with E-state index >= 15 is 0 Å². The Balaban J connectivity index is 1.54. The number of aliphatic hydroxyl groups excluding tert-OH is 1. The molecule has 3 heterocycles. The quantitative estimate of drug-likeness (QED) is 0.524. The van der Waals surface area contributed by atoms with E-state index in [1.54, 1.807) is 12.1 Å².